The molecule has 5 nitrogen and oxygen atoms in total. The molecule has 4 aromatic rings. The molecular weight excluding hydrogens is 460 g/mol. The van der Waals surface area contributed by atoms with Gasteiger partial charge in [0.15, 0.2) is 0 Å². The van der Waals surface area contributed by atoms with Gasteiger partial charge in [0.2, 0.25) is 5.91 Å². The number of allylic oxidation sites excluding steroid dienone is 1. The third-order valence-corrected chi connectivity index (χ3v) is 7.34. The largest absolute Gasteiger partial charge is 0.496 e. The smallest absolute Gasteiger partial charge is 0.246 e. The van der Waals surface area contributed by atoms with Crippen LogP contribution in [0, 0.1) is 6.92 Å². The summed E-state index contributed by atoms with van der Waals surface area (Å²) in [7, 11) is 1.67. The van der Waals surface area contributed by atoms with E-state index in [2.05, 4.69) is 53.4 Å². The van der Waals surface area contributed by atoms with Crippen LogP contribution >= 0.6 is 0 Å². The molecular formula is C32H34N2O3. The fourth-order valence-electron chi connectivity index (χ4n) is 5.19. The van der Waals surface area contributed by atoms with E-state index in [1.165, 1.54) is 5.56 Å². The predicted molar refractivity (Wildman–Crippen MR) is 150 cm³/mol. The first-order valence-corrected chi connectivity index (χ1v) is 12.9. The molecule has 0 atom stereocenters. The number of furan rings is 1. The maximum Gasteiger partial charge on any atom is 0.246 e. The zero-order chi connectivity index (χ0) is 25.8. The van der Waals surface area contributed by atoms with Crippen LogP contribution in [0.4, 0.5) is 0 Å². The van der Waals surface area contributed by atoms with E-state index >= 15 is 0 Å². The lowest BCUT2D eigenvalue weighted by Crippen LogP contribution is -2.48. The number of benzene rings is 3. The molecule has 1 saturated heterocycles. The zero-order valence-corrected chi connectivity index (χ0v) is 21.9. The van der Waals surface area contributed by atoms with Crippen molar-refractivity contribution in [3.63, 3.8) is 0 Å². The summed E-state index contributed by atoms with van der Waals surface area (Å²) in [6.45, 7) is 8.29. The monoisotopic (exact) mass is 494 g/mol. The lowest BCUT2D eigenvalue weighted by molar-refractivity contribution is -0.127. The van der Waals surface area contributed by atoms with Gasteiger partial charge in [0.25, 0.3) is 0 Å². The summed E-state index contributed by atoms with van der Waals surface area (Å²) in [5.74, 6) is 0.796. The van der Waals surface area contributed by atoms with Crippen molar-refractivity contribution in [1.29, 1.82) is 0 Å². The summed E-state index contributed by atoms with van der Waals surface area (Å²) < 4.78 is 11.8. The Balaban J connectivity index is 1.32. The molecule has 0 bridgehead atoms. The van der Waals surface area contributed by atoms with Gasteiger partial charge in [-0.05, 0) is 43.0 Å². The second kappa shape index (κ2) is 11.1. The van der Waals surface area contributed by atoms with Crippen LogP contribution in [0.25, 0.3) is 27.7 Å². The van der Waals surface area contributed by atoms with E-state index in [0.29, 0.717) is 0 Å². The molecule has 3 aromatic carbocycles. The van der Waals surface area contributed by atoms with Gasteiger partial charge in [0, 0.05) is 60.9 Å². The summed E-state index contributed by atoms with van der Waals surface area (Å²) in [6.07, 6.45) is 4.59. The van der Waals surface area contributed by atoms with E-state index in [1.54, 1.807) is 19.4 Å². The Kier molecular flexibility index (Phi) is 7.42. The molecule has 5 rings (SSSR count). The standard InChI is InChI=1S/C32H34N2O3/c1-23(20-30(35)34-18-16-33(17-19-34)15-14-25-10-6-4-7-11-25)27-21-28-29(26-12-8-5-9-13-26)22-37-32(28)24(2)31(27)36-3/h4-13,20-22H,14-19H2,1-3H3/b23-20+. The van der Waals surface area contributed by atoms with E-state index in [0.717, 1.165) is 83.7 Å². The number of hydrogen-bond acceptors (Lipinski definition) is 4. The van der Waals surface area contributed by atoms with Crippen molar-refractivity contribution in [2.45, 2.75) is 20.3 Å². The van der Waals surface area contributed by atoms with Crippen LogP contribution in [0.1, 0.15) is 23.6 Å². The topological polar surface area (TPSA) is 45.9 Å². The van der Waals surface area contributed by atoms with Crippen molar-refractivity contribution in [1.82, 2.24) is 9.80 Å². The van der Waals surface area contributed by atoms with Gasteiger partial charge in [-0.15, -0.1) is 0 Å². The minimum atomic E-state index is 0.0514. The van der Waals surface area contributed by atoms with Crippen LogP contribution < -0.4 is 4.74 Å². The molecule has 5 heteroatoms. The molecule has 0 spiro atoms. The molecule has 0 aliphatic carbocycles. The molecule has 0 saturated carbocycles. The third kappa shape index (κ3) is 5.32. The third-order valence-electron chi connectivity index (χ3n) is 7.34. The first-order valence-electron chi connectivity index (χ1n) is 12.9. The lowest BCUT2D eigenvalue weighted by atomic mass is 9.96. The van der Waals surface area contributed by atoms with Crippen LogP contribution in [0.5, 0.6) is 5.75 Å². The predicted octanol–water partition coefficient (Wildman–Crippen LogP) is 6.21. The highest BCUT2D eigenvalue weighted by Gasteiger charge is 2.22. The number of ether oxygens (including phenoxy) is 1. The molecule has 0 unspecified atom stereocenters. The van der Waals surface area contributed by atoms with Crippen LogP contribution in [0.2, 0.25) is 0 Å². The minimum Gasteiger partial charge on any atom is -0.496 e. The fourth-order valence-corrected chi connectivity index (χ4v) is 5.19. The molecule has 0 N–H and O–H groups in total. The van der Waals surface area contributed by atoms with Gasteiger partial charge >= 0.3 is 0 Å². The van der Waals surface area contributed by atoms with Crippen molar-refractivity contribution in [3.05, 3.63) is 95.8 Å². The molecule has 1 aromatic heterocycles. The van der Waals surface area contributed by atoms with Gasteiger partial charge in [-0.25, -0.2) is 0 Å². The number of amides is 1. The number of nitrogens with zero attached hydrogens (tertiary/aromatic N) is 2. The van der Waals surface area contributed by atoms with E-state index in [1.807, 2.05) is 36.9 Å². The van der Waals surface area contributed by atoms with E-state index in [-0.39, 0.29) is 5.91 Å². The Morgan fingerprint density at radius 1 is 1.00 bits per heavy atom. The number of carbonyl (C=O) groups excluding carboxylic acids is 1. The average Bonchev–Trinajstić information content (AvgIpc) is 3.37. The van der Waals surface area contributed by atoms with Gasteiger partial charge in [-0.1, -0.05) is 60.7 Å². The van der Waals surface area contributed by atoms with Gasteiger partial charge in [-0.3, -0.25) is 9.69 Å². The van der Waals surface area contributed by atoms with E-state index in [4.69, 9.17) is 9.15 Å². The summed E-state index contributed by atoms with van der Waals surface area (Å²) in [4.78, 5) is 17.6. The normalized spacial score (nSPS) is 14.8. The number of methoxy groups -OCH3 is 1. The van der Waals surface area contributed by atoms with Crippen LogP contribution in [0.3, 0.4) is 0 Å². The molecule has 2 heterocycles. The highest BCUT2D eigenvalue weighted by Crippen LogP contribution is 2.40. The Morgan fingerprint density at radius 2 is 1.68 bits per heavy atom. The summed E-state index contributed by atoms with van der Waals surface area (Å²) in [5, 5.41) is 1.02. The molecule has 1 aliphatic rings. The summed E-state index contributed by atoms with van der Waals surface area (Å²) in [5.41, 5.74) is 7.04. The molecule has 190 valence electrons. The SMILES string of the molecule is COc1c(/C(C)=C/C(=O)N2CCN(CCc3ccccc3)CC2)cc2c(-c3ccccc3)coc2c1C. The van der Waals surface area contributed by atoms with Crippen LogP contribution in [-0.2, 0) is 11.2 Å². The minimum absolute atomic E-state index is 0.0514. The molecule has 1 fully saturated rings. The van der Waals surface area contributed by atoms with Crippen molar-refractivity contribution in [2.75, 3.05) is 39.8 Å². The fraction of sp³-hybridized carbons (Fsp3) is 0.281. The number of aryl methyl sites for hydroxylation is 1. The molecule has 1 amide bonds. The Labute approximate surface area is 219 Å². The molecule has 37 heavy (non-hydrogen) atoms. The van der Waals surface area contributed by atoms with Gasteiger partial charge < -0.3 is 14.1 Å². The maximum atomic E-state index is 13.2. The summed E-state index contributed by atoms with van der Waals surface area (Å²) >= 11 is 0. The molecule has 1 aliphatic heterocycles. The zero-order valence-electron chi connectivity index (χ0n) is 21.9. The molecule has 0 radical (unpaired) electrons. The Morgan fingerprint density at radius 3 is 2.35 bits per heavy atom. The van der Waals surface area contributed by atoms with Crippen molar-refractivity contribution < 1.29 is 13.9 Å². The number of hydrogen-bond donors (Lipinski definition) is 0. The van der Waals surface area contributed by atoms with Crippen LogP contribution in [0.15, 0.2) is 83.5 Å². The van der Waals surface area contributed by atoms with Gasteiger partial charge in [0.1, 0.15) is 11.3 Å². The Hall–Kier alpha value is -3.83. The van der Waals surface area contributed by atoms with Gasteiger partial charge in [-0.2, -0.15) is 0 Å². The number of carbonyl (C=O) groups is 1. The first kappa shape index (κ1) is 24.8. The number of fused-ring (bicyclic) bond motifs is 1. The second-order valence-corrected chi connectivity index (χ2v) is 9.70. The van der Waals surface area contributed by atoms with Crippen molar-refractivity contribution >= 4 is 22.4 Å². The van der Waals surface area contributed by atoms with Crippen molar-refractivity contribution in [2.24, 2.45) is 0 Å². The summed E-state index contributed by atoms with van der Waals surface area (Å²) in [6, 6.07) is 22.9. The van der Waals surface area contributed by atoms with E-state index < -0.39 is 0 Å². The lowest BCUT2D eigenvalue weighted by Gasteiger charge is -2.34. The highest BCUT2D eigenvalue weighted by atomic mass is 16.5. The first-order chi connectivity index (χ1) is 18.0. The van der Waals surface area contributed by atoms with E-state index in [9.17, 15) is 4.79 Å². The maximum absolute atomic E-state index is 13.2. The van der Waals surface area contributed by atoms with Crippen molar-refractivity contribution in [3.8, 4) is 16.9 Å². The van der Waals surface area contributed by atoms with Gasteiger partial charge in [0.05, 0.1) is 13.4 Å². The Bertz CT molecular complexity index is 1400. The number of piperazine rings is 1. The van der Waals surface area contributed by atoms with Crippen LogP contribution in [-0.4, -0.2) is 55.5 Å². The second-order valence-electron chi connectivity index (χ2n) is 9.70. The quantitative estimate of drug-likeness (QED) is 0.287. The average molecular weight is 495 g/mol. The highest BCUT2D eigenvalue weighted by molar-refractivity contribution is 6.01. The number of rotatable bonds is 7.